The average molecular weight is 275 g/mol. The first-order chi connectivity index (χ1) is 9.26. The number of hydrogen-bond acceptors (Lipinski definition) is 3. The number of hydrogen-bond donors (Lipinski definition) is 1. The van der Waals surface area contributed by atoms with Crippen molar-refractivity contribution in [3.63, 3.8) is 0 Å². The fourth-order valence-corrected chi connectivity index (χ4v) is 3.34. The summed E-state index contributed by atoms with van der Waals surface area (Å²) in [4.78, 5) is 1.19. The summed E-state index contributed by atoms with van der Waals surface area (Å²) >= 11 is 1.69. The van der Waals surface area contributed by atoms with E-state index in [1.165, 1.54) is 10.9 Å². The lowest BCUT2D eigenvalue weighted by Gasteiger charge is -2.12. The Kier molecular flexibility index (Phi) is 3.36. The Morgan fingerprint density at radius 3 is 2.95 bits per heavy atom. The lowest BCUT2D eigenvalue weighted by molar-refractivity contribution is 0.469. The van der Waals surface area contributed by atoms with Gasteiger partial charge >= 0.3 is 0 Å². The smallest absolute Gasteiger partial charge is 0.123 e. The van der Waals surface area contributed by atoms with Gasteiger partial charge in [-0.25, -0.2) is 4.39 Å². The summed E-state index contributed by atoms with van der Waals surface area (Å²) in [6.45, 7) is 0. The molecule has 0 aliphatic heterocycles. The summed E-state index contributed by atoms with van der Waals surface area (Å²) in [6, 6.07) is 11.0. The van der Waals surface area contributed by atoms with Crippen molar-refractivity contribution in [1.29, 1.82) is 0 Å². The summed E-state index contributed by atoms with van der Waals surface area (Å²) in [5.41, 5.74) is 0. The largest absolute Gasteiger partial charge is 0.469 e. The second-order valence-corrected chi connectivity index (χ2v) is 5.57. The molecule has 4 heteroatoms. The van der Waals surface area contributed by atoms with Crippen LogP contribution in [0.2, 0.25) is 0 Å². The van der Waals surface area contributed by atoms with Gasteiger partial charge in [-0.3, -0.25) is 0 Å². The molecule has 1 aromatic carbocycles. The van der Waals surface area contributed by atoms with Gasteiger partial charge in [0, 0.05) is 22.0 Å². The highest BCUT2D eigenvalue weighted by molar-refractivity contribution is 7.19. The standard InChI is InChI=1S/C15H14FNOS/c1-17-13(9-12-3-2-6-18-12)15-8-10-7-11(16)4-5-14(10)19-15/h2-8,13,17H,9H2,1H3. The van der Waals surface area contributed by atoms with Gasteiger partial charge in [0.2, 0.25) is 0 Å². The average Bonchev–Trinajstić information content (AvgIpc) is 3.03. The number of fused-ring (bicyclic) bond motifs is 1. The van der Waals surface area contributed by atoms with E-state index in [4.69, 9.17) is 4.42 Å². The van der Waals surface area contributed by atoms with Crippen LogP contribution in [0.4, 0.5) is 4.39 Å². The highest BCUT2D eigenvalue weighted by Crippen LogP contribution is 2.31. The molecule has 0 radical (unpaired) electrons. The van der Waals surface area contributed by atoms with Gasteiger partial charge in [-0.2, -0.15) is 0 Å². The highest BCUT2D eigenvalue weighted by atomic mass is 32.1. The first kappa shape index (κ1) is 12.4. The molecule has 0 spiro atoms. The topological polar surface area (TPSA) is 25.2 Å². The van der Waals surface area contributed by atoms with E-state index >= 15 is 0 Å². The summed E-state index contributed by atoms with van der Waals surface area (Å²) in [7, 11) is 1.93. The molecule has 0 fully saturated rings. The number of rotatable bonds is 4. The molecule has 1 unspecified atom stereocenters. The van der Waals surface area contributed by atoms with Gasteiger partial charge in [-0.15, -0.1) is 11.3 Å². The molecular formula is C15H14FNOS. The van der Waals surface area contributed by atoms with Crippen molar-refractivity contribution in [3.8, 4) is 0 Å². The van der Waals surface area contributed by atoms with E-state index in [2.05, 4.69) is 5.32 Å². The minimum Gasteiger partial charge on any atom is -0.469 e. The maximum absolute atomic E-state index is 13.2. The molecule has 19 heavy (non-hydrogen) atoms. The Hall–Kier alpha value is -1.65. The van der Waals surface area contributed by atoms with E-state index in [0.717, 1.165) is 22.3 Å². The lowest BCUT2D eigenvalue weighted by Crippen LogP contribution is -2.17. The van der Waals surface area contributed by atoms with E-state index in [0.29, 0.717) is 0 Å². The predicted octanol–water partition coefficient (Wildman–Crippen LogP) is 4.14. The van der Waals surface area contributed by atoms with Crippen LogP contribution in [0.25, 0.3) is 10.1 Å². The molecule has 0 bridgehead atoms. The molecule has 0 saturated carbocycles. The summed E-state index contributed by atoms with van der Waals surface area (Å²) in [5, 5.41) is 4.25. The van der Waals surface area contributed by atoms with Gasteiger partial charge in [0.1, 0.15) is 11.6 Å². The van der Waals surface area contributed by atoms with E-state index < -0.39 is 0 Å². The lowest BCUT2D eigenvalue weighted by atomic mass is 10.1. The van der Waals surface area contributed by atoms with Gasteiger partial charge in [-0.1, -0.05) is 0 Å². The molecule has 2 heterocycles. The van der Waals surface area contributed by atoms with Gasteiger partial charge in [0.25, 0.3) is 0 Å². The molecule has 98 valence electrons. The van der Waals surface area contributed by atoms with Crippen LogP contribution in [-0.4, -0.2) is 7.05 Å². The molecule has 0 saturated heterocycles. The molecule has 1 N–H and O–H groups in total. The Morgan fingerprint density at radius 2 is 2.21 bits per heavy atom. The van der Waals surface area contributed by atoms with Crippen LogP contribution in [0.5, 0.6) is 0 Å². The summed E-state index contributed by atoms with van der Waals surface area (Å²) < 4.78 is 19.7. The molecule has 0 aliphatic rings. The number of nitrogens with one attached hydrogen (secondary N) is 1. The van der Waals surface area contributed by atoms with Gasteiger partial charge in [0.05, 0.1) is 6.26 Å². The van der Waals surface area contributed by atoms with Crippen molar-refractivity contribution < 1.29 is 8.81 Å². The van der Waals surface area contributed by atoms with Crippen LogP contribution in [-0.2, 0) is 6.42 Å². The minimum absolute atomic E-state index is 0.187. The van der Waals surface area contributed by atoms with Gasteiger partial charge in [-0.05, 0) is 48.8 Å². The summed E-state index contributed by atoms with van der Waals surface area (Å²) in [5.74, 6) is 0.756. The minimum atomic E-state index is -0.191. The molecule has 2 nitrogen and oxygen atoms in total. The van der Waals surface area contributed by atoms with Crippen molar-refractivity contribution >= 4 is 21.4 Å². The van der Waals surface area contributed by atoms with E-state index in [1.807, 2.05) is 31.3 Å². The first-order valence-corrected chi connectivity index (χ1v) is 6.96. The van der Waals surface area contributed by atoms with Crippen LogP contribution >= 0.6 is 11.3 Å². The van der Waals surface area contributed by atoms with Crippen LogP contribution in [0.1, 0.15) is 16.7 Å². The van der Waals surface area contributed by atoms with Crippen LogP contribution in [0.15, 0.2) is 47.1 Å². The first-order valence-electron chi connectivity index (χ1n) is 6.15. The molecule has 3 rings (SSSR count). The Balaban J connectivity index is 1.92. The number of furan rings is 1. The third-order valence-corrected chi connectivity index (χ3v) is 4.40. The van der Waals surface area contributed by atoms with Crippen molar-refractivity contribution in [2.45, 2.75) is 12.5 Å². The number of likely N-dealkylation sites (N-methyl/N-ethyl adjacent to an activating group) is 1. The quantitative estimate of drug-likeness (QED) is 0.774. The van der Waals surface area contributed by atoms with E-state index in [-0.39, 0.29) is 11.9 Å². The van der Waals surface area contributed by atoms with Gasteiger partial charge in [0.15, 0.2) is 0 Å². The second-order valence-electron chi connectivity index (χ2n) is 4.46. The van der Waals surface area contributed by atoms with Crippen molar-refractivity contribution in [1.82, 2.24) is 5.32 Å². The number of halogens is 1. The maximum atomic E-state index is 13.2. The monoisotopic (exact) mass is 275 g/mol. The fraction of sp³-hybridized carbons (Fsp3) is 0.200. The Morgan fingerprint density at radius 1 is 1.32 bits per heavy atom. The van der Waals surface area contributed by atoms with Crippen LogP contribution in [0.3, 0.4) is 0 Å². The number of thiophene rings is 1. The third kappa shape index (κ3) is 2.55. The van der Waals surface area contributed by atoms with Crippen LogP contribution in [0, 0.1) is 5.82 Å². The van der Waals surface area contributed by atoms with Crippen molar-refractivity contribution in [3.05, 3.63) is 59.1 Å². The zero-order valence-electron chi connectivity index (χ0n) is 10.5. The Bertz CT molecular complexity index is 675. The predicted molar refractivity (Wildman–Crippen MR) is 76.0 cm³/mol. The second kappa shape index (κ2) is 5.15. The van der Waals surface area contributed by atoms with Crippen molar-refractivity contribution in [2.24, 2.45) is 0 Å². The summed E-state index contributed by atoms with van der Waals surface area (Å²) in [6.07, 6.45) is 2.47. The van der Waals surface area contributed by atoms with E-state index in [9.17, 15) is 4.39 Å². The third-order valence-electron chi connectivity index (χ3n) is 3.17. The molecule has 2 aromatic heterocycles. The van der Waals surface area contributed by atoms with Gasteiger partial charge < -0.3 is 9.73 Å². The SMILES string of the molecule is CNC(Cc1ccco1)c1cc2cc(F)ccc2s1. The van der Waals surface area contributed by atoms with E-state index in [1.54, 1.807) is 23.7 Å². The molecular weight excluding hydrogens is 261 g/mol. The molecule has 3 aromatic rings. The Labute approximate surface area is 114 Å². The van der Waals surface area contributed by atoms with Crippen LogP contribution < -0.4 is 5.32 Å². The normalized spacial score (nSPS) is 12.9. The maximum Gasteiger partial charge on any atom is 0.123 e. The fourth-order valence-electron chi connectivity index (χ4n) is 2.18. The molecule has 1 atom stereocenters. The van der Waals surface area contributed by atoms with Crippen molar-refractivity contribution in [2.75, 3.05) is 7.05 Å². The molecule has 0 amide bonds. The molecule has 0 aliphatic carbocycles. The highest BCUT2D eigenvalue weighted by Gasteiger charge is 2.15. The zero-order chi connectivity index (χ0) is 13.2. The zero-order valence-corrected chi connectivity index (χ0v) is 11.3. The number of benzene rings is 1.